The van der Waals surface area contributed by atoms with Gasteiger partial charge in [-0.2, -0.15) is 0 Å². The number of hydrogen-bond acceptors (Lipinski definition) is 3. The molecule has 3 aromatic carbocycles. The lowest BCUT2D eigenvalue weighted by molar-refractivity contribution is -0.384. The minimum absolute atomic E-state index is 0.0121. The van der Waals surface area contributed by atoms with E-state index in [1.165, 1.54) is 40.8 Å². The monoisotopic (exact) mass is 303 g/mol. The van der Waals surface area contributed by atoms with E-state index in [0.29, 0.717) is 11.1 Å². The predicted molar refractivity (Wildman–Crippen MR) is 87.9 cm³/mol. The average molecular weight is 303 g/mol. The van der Waals surface area contributed by atoms with Crippen molar-refractivity contribution in [1.82, 2.24) is 0 Å². The number of nitro benzene ring substituents is 1. The molecule has 0 bridgehead atoms. The molecule has 0 saturated carbocycles. The standard InChI is InChI=1S/C19H13NO3/c21-19(14-6-9-15(10-7-14)20(22)23)17-11-8-13-5-4-12-2-1-3-16(17)18(12)13/h1-3,6-11H,4-5H2. The largest absolute Gasteiger partial charge is 0.289 e. The average Bonchev–Trinajstić information content (AvgIpc) is 3.00. The second kappa shape index (κ2) is 5.02. The zero-order valence-electron chi connectivity index (χ0n) is 12.3. The number of carbonyl (C=O) groups excluding carboxylic acids is 1. The van der Waals surface area contributed by atoms with E-state index >= 15 is 0 Å². The topological polar surface area (TPSA) is 60.2 Å². The summed E-state index contributed by atoms with van der Waals surface area (Å²) in [6.07, 6.45) is 2.03. The fraction of sp³-hybridized carbons (Fsp3) is 0.105. The number of non-ortho nitro benzene ring substituents is 1. The zero-order valence-corrected chi connectivity index (χ0v) is 12.3. The smallest absolute Gasteiger partial charge is 0.269 e. The Bertz CT molecular complexity index is 948. The minimum atomic E-state index is -0.465. The van der Waals surface area contributed by atoms with Crippen LogP contribution in [0.4, 0.5) is 5.69 Å². The van der Waals surface area contributed by atoms with Gasteiger partial charge in [0.15, 0.2) is 5.78 Å². The number of rotatable bonds is 3. The normalized spacial score (nSPS) is 12.5. The van der Waals surface area contributed by atoms with Crippen LogP contribution in [0.25, 0.3) is 10.8 Å². The van der Waals surface area contributed by atoms with E-state index in [2.05, 4.69) is 6.07 Å². The van der Waals surface area contributed by atoms with Crippen molar-refractivity contribution in [1.29, 1.82) is 0 Å². The van der Waals surface area contributed by atoms with Crippen LogP contribution in [-0.2, 0) is 12.8 Å². The summed E-state index contributed by atoms with van der Waals surface area (Å²) in [6.45, 7) is 0. The molecular weight excluding hydrogens is 290 g/mol. The van der Waals surface area contributed by atoms with E-state index < -0.39 is 4.92 Å². The van der Waals surface area contributed by atoms with Gasteiger partial charge in [-0.15, -0.1) is 0 Å². The van der Waals surface area contributed by atoms with Gasteiger partial charge in [0.2, 0.25) is 0 Å². The van der Waals surface area contributed by atoms with Crippen molar-refractivity contribution in [3.63, 3.8) is 0 Å². The van der Waals surface area contributed by atoms with Gasteiger partial charge in [0, 0.05) is 23.3 Å². The van der Waals surface area contributed by atoms with E-state index in [4.69, 9.17) is 0 Å². The van der Waals surface area contributed by atoms with Crippen LogP contribution in [0, 0.1) is 10.1 Å². The van der Waals surface area contributed by atoms with Gasteiger partial charge >= 0.3 is 0 Å². The molecule has 0 fully saturated rings. The Kier molecular flexibility index (Phi) is 2.98. The van der Waals surface area contributed by atoms with Crippen LogP contribution in [0.2, 0.25) is 0 Å². The number of nitro groups is 1. The van der Waals surface area contributed by atoms with Gasteiger partial charge < -0.3 is 0 Å². The van der Waals surface area contributed by atoms with Gasteiger partial charge in [-0.1, -0.05) is 30.3 Å². The molecule has 4 rings (SSSR count). The maximum atomic E-state index is 12.8. The SMILES string of the molecule is O=C(c1ccc([N+](=O)[O-])cc1)c1ccc2c3c(cccc13)CC2. The third-order valence-corrected chi connectivity index (χ3v) is 4.46. The fourth-order valence-electron chi connectivity index (χ4n) is 3.33. The molecule has 112 valence electrons. The first-order valence-electron chi connectivity index (χ1n) is 7.48. The lowest BCUT2D eigenvalue weighted by atomic mass is 9.94. The molecule has 0 unspecified atom stereocenters. The first-order valence-corrected chi connectivity index (χ1v) is 7.48. The van der Waals surface area contributed by atoms with Crippen LogP contribution >= 0.6 is 0 Å². The molecule has 0 atom stereocenters. The van der Waals surface area contributed by atoms with E-state index in [1.807, 2.05) is 24.3 Å². The van der Waals surface area contributed by atoms with E-state index in [1.54, 1.807) is 0 Å². The Hall–Kier alpha value is -3.01. The number of benzene rings is 3. The highest BCUT2D eigenvalue weighted by Crippen LogP contribution is 2.33. The zero-order chi connectivity index (χ0) is 16.0. The second-order valence-electron chi connectivity index (χ2n) is 5.75. The van der Waals surface area contributed by atoms with Crippen LogP contribution in [0.15, 0.2) is 54.6 Å². The Labute approximate surface area is 132 Å². The molecule has 0 aromatic heterocycles. The van der Waals surface area contributed by atoms with Gasteiger partial charge in [0.1, 0.15) is 0 Å². The van der Waals surface area contributed by atoms with Gasteiger partial charge in [0.05, 0.1) is 4.92 Å². The van der Waals surface area contributed by atoms with Crippen molar-refractivity contribution in [3.05, 3.63) is 87.0 Å². The molecule has 1 aliphatic rings. The van der Waals surface area contributed by atoms with E-state index in [9.17, 15) is 14.9 Å². The number of hydrogen-bond donors (Lipinski definition) is 0. The molecule has 1 aliphatic carbocycles. The van der Waals surface area contributed by atoms with Crippen molar-refractivity contribution in [3.8, 4) is 0 Å². The number of nitrogens with zero attached hydrogens (tertiary/aromatic N) is 1. The lowest BCUT2D eigenvalue weighted by Gasteiger charge is -2.08. The quantitative estimate of drug-likeness (QED) is 0.416. The van der Waals surface area contributed by atoms with Gasteiger partial charge in [-0.3, -0.25) is 14.9 Å². The highest BCUT2D eigenvalue weighted by Gasteiger charge is 2.19. The third kappa shape index (κ3) is 2.11. The number of carbonyl (C=O) groups is 1. The molecule has 4 heteroatoms. The third-order valence-electron chi connectivity index (χ3n) is 4.46. The minimum Gasteiger partial charge on any atom is -0.289 e. The predicted octanol–water partition coefficient (Wildman–Crippen LogP) is 4.08. The van der Waals surface area contributed by atoms with Crippen LogP contribution in [0.1, 0.15) is 27.0 Å². The van der Waals surface area contributed by atoms with Crippen LogP contribution in [-0.4, -0.2) is 10.7 Å². The molecule has 23 heavy (non-hydrogen) atoms. The summed E-state index contributed by atoms with van der Waals surface area (Å²) in [6, 6.07) is 15.7. The summed E-state index contributed by atoms with van der Waals surface area (Å²) in [5.41, 5.74) is 3.68. The maximum absolute atomic E-state index is 12.8. The lowest BCUT2D eigenvalue weighted by Crippen LogP contribution is -2.03. The van der Waals surface area contributed by atoms with Crippen molar-refractivity contribution < 1.29 is 9.72 Å². The Balaban J connectivity index is 1.83. The summed E-state index contributed by atoms with van der Waals surface area (Å²) in [7, 11) is 0. The highest BCUT2D eigenvalue weighted by molar-refractivity contribution is 6.17. The number of aryl methyl sites for hydroxylation is 2. The van der Waals surface area contributed by atoms with E-state index in [-0.39, 0.29) is 11.5 Å². The fourth-order valence-corrected chi connectivity index (χ4v) is 3.33. The first-order chi connectivity index (χ1) is 11.1. The van der Waals surface area contributed by atoms with Crippen LogP contribution < -0.4 is 0 Å². The summed E-state index contributed by atoms with van der Waals surface area (Å²) in [4.78, 5) is 23.1. The van der Waals surface area contributed by atoms with Crippen molar-refractivity contribution in [2.24, 2.45) is 0 Å². The summed E-state index contributed by atoms with van der Waals surface area (Å²) in [5.74, 6) is -0.101. The Morgan fingerprint density at radius 3 is 2.30 bits per heavy atom. The second-order valence-corrected chi connectivity index (χ2v) is 5.75. The molecule has 0 aliphatic heterocycles. The van der Waals surface area contributed by atoms with E-state index in [0.717, 1.165) is 18.2 Å². The molecule has 0 radical (unpaired) electrons. The van der Waals surface area contributed by atoms with Crippen LogP contribution in [0.5, 0.6) is 0 Å². The molecule has 0 saturated heterocycles. The highest BCUT2D eigenvalue weighted by atomic mass is 16.6. The molecule has 0 heterocycles. The Morgan fingerprint density at radius 2 is 1.61 bits per heavy atom. The molecule has 0 amide bonds. The Morgan fingerprint density at radius 1 is 0.913 bits per heavy atom. The molecule has 3 aromatic rings. The summed E-state index contributed by atoms with van der Waals surface area (Å²) in [5, 5.41) is 12.9. The van der Waals surface area contributed by atoms with Gasteiger partial charge in [0.25, 0.3) is 5.69 Å². The maximum Gasteiger partial charge on any atom is 0.269 e. The van der Waals surface area contributed by atoms with Gasteiger partial charge in [-0.05, 0) is 46.9 Å². The van der Waals surface area contributed by atoms with Crippen LogP contribution in [0.3, 0.4) is 0 Å². The van der Waals surface area contributed by atoms with Crippen molar-refractivity contribution in [2.45, 2.75) is 12.8 Å². The molecule has 4 nitrogen and oxygen atoms in total. The summed E-state index contributed by atoms with van der Waals surface area (Å²) >= 11 is 0. The molecular formula is C19H13NO3. The van der Waals surface area contributed by atoms with Gasteiger partial charge in [-0.25, -0.2) is 0 Å². The molecule has 0 N–H and O–H groups in total. The molecule has 0 spiro atoms. The van der Waals surface area contributed by atoms with Crippen molar-refractivity contribution >= 4 is 22.2 Å². The summed E-state index contributed by atoms with van der Waals surface area (Å²) < 4.78 is 0. The first kappa shape index (κ1) is 13.6. The number of ketones is 1. The van der Waals surface area contributed by atoms with Crippen molar-refractivity contribution in [2.75, 3.05) is 0 Å².